The van der Waals surface area contributed by atoms with Crippen LogP contribution in [0.2, 0.25) is 0 Å². The van der Waals surface area contributed by atoms with E-state index in [1.54, 1.807) is 6.92 Å². The molecule has 0 N–H and O–H groups in total. The molecule has 0 spiro atoms. The molecule has 0 unspecified atom stereocenters. The number of halogens is 1. The van der Waals surface area contributed by atoms with Crippen LogP contribution in [0.25, 0.3) is 10.9 Å². The summed E-state index contributed by atoms with van der Waals surface area (Å²) in [5.74, 6) is 0. The van der Waals surface area contributed by atoms with Crippen LogP contribution in [0, 0.1) is 31.1 Å². The van der Waals surface area contributed by atoms with E-state index in [2.05, 4.69) is 48.5 Å². The van der Waals surface area contributed by atoms with E-state index in [1.165, 1.54) is 6.33 Å². The topological polar surface area (TPSA) is 50.5 Å². The van der Waals surface area contributed by atoms with Crippen molar-refractivity contribution >= 4 is 39.3 Å². The predicted octanol–water partition coefficient (Wildman–Crippen LogP) is 2.57. The molecule has 0 amide bonds. The van der Waals surface area contributed by atoms with Crippen LogP contribution in [0.4, 0.5) is 0 Å². The van der Waals surface area contributed by atoms with Crippen molar-refractivity contribution in [3.05, 3.63) is 34.7 Å². The number of aromatic nitrogens is 2. The zero-order valence-electron chi connectivity index (χ0n) is 8.98. The second-order valence-corrected chi connectivity index (χ2v) is 3.83. The SMILES string of the molecule is C[C-]=NN=[C-]c1ncnc2ccc(Br)cc12.[U+2]. The summed E-state index contributed by atoms with van der Waals surface area (Å²) in [6.07, 6.45) is 6.76. The van der Waals surface area contributed by atoms with Gasteiger partial charge in [0.2, 0.25) is 0 Å². The maximum Gasteiger partial charge on any atom is 2.00 e. The summed E-state index contributed by atoms with van der Waals surface area (Å²) in [4.78, 5) is 8.25. The van der Waals surface area contributed by atoms with E-state index in [9.17, 15) is 0 Å². The fourth-order valence-electron chi connectivity index (χ4n) is 1.24. The first-order valence-corrected chi connectivity index (χ1v) is 5.33. The van der Waals surface area contributed by atoms with Gasteiger partial charge in [0, 0.05) is 4.47 Å². The Balaban J connectivity index is 0.00000144. The van der Waals surface area contributed by atoms with Gasteiger partial charge in [-0.05, 0) is 11.6 Å². The molecule has 6 heteroatoms. The maximum absolute atomic E-state index is 4.15. The second-order valence-electron chi connectivity index (χ2n) is 2.92. The van der Waals surface area contributed by atoms with E-state index < -0.39 is 0 Å². The van der Waals surface area contributed by atoms with Crippen molar-refractivity contribution < 1.29 is 31.1 Å². The molecule has 4 nitrogen and oxygen atoms in total. The average Bonchev–Trinajstić information content (AvgIpc) is 2.30. The first-order valence-electron chi connectivity index (χ1n) is 4.54. The van der Waals surface area contributed by atoms with E-state index in [-0.39, 0.29) is 31.1 Å². The third-order valence-electron chi connectivity index (χ3n) is 1.90. The zero-order valence-corrected chi connectivity index (χ0v) is 14.7. The Labute approximate surface area is 131 Å². The van der Waals surface area contributed by atoms with E-state index >= 15 is 0 Å². The molecule has 1 aromatic heterocycles. The number of benzene rings is 1. The summed E-state index contributed by atoms with van der Waals surface area (Å²) in [6, 6.07) is 5.75. The summed E-state index contributed by atoms with van der Waals surface area (Å²) in [5.41, 5.74) is 1.46. The van der Waals surface area contributed by atoms with Gasteiger partial charge in [-0.2, -0.15) is 6.92 Å². The van der Waals surface area contributed by atoms with E-state index in [4.69, 9.17) is 0 Å². The molecule has 0 radical (unpaired) electrons. The van der Waals surface area contributed by atoms with E-state index in [0.29, 0.717) is 5.69 Å². The zero-order chi connectivity index (χ0) is 11.4. The standard InChI is InChI=1S/C11H7BrN4.U/c1-2-15-16-6-11-9-5-8(12)3-4-10(9)13-7-14-11;/h3-5,7H,1H3;/q-2;+2. The Bertz CT molecular complexity index is 568. The summed E-state index contributed by atoms with van der Waals surface area (Å²) in [6.45, 7) is 1.67. The molecule has 2 rings (SSSR count). The Morgan fingerprint density at radius 3 is 2.82 bits per heavy atom. The molecule has 0 bridgehead atoms. The Hall–Kier alpha value is -0.568. The summed E-state index contributed by atoms with van der Waals surface area (Å²) < 4.78 is 0.961. The molecular formula is C11H7BrN4U. The van der Waals surface area contributed by atoms with Gasteiger partial charge in [0.05, 0.1) is 0 Å². The molecule has 2 aromatic rings. The Morgan fingerprint density at radius 2 is 2.06 bits per heavy atom. The molecule has 1 heterocycles. The van der Waals surface area contributed by atoms with Gasteiger partial charge >= 0.3 is 31.1 Å². The van der Waals surface area contributed by atoms with Gasteiger partial charge in [0.1, 0.15) is 6.33 Å². The summed E-state index contributed by atoms with van der Waals surface area (Å²) >= 11 is 3.40. The molecular weight excluding hydrogens is 506 g/mol. The second kappa shape index (κ2) is 7.00. The number of rotatable bonds is 2. The van der Waals surface area contributed by atoms with Gasteiger partial charge < -0.3 is 16.4 Å². The van der Waals surface area contributed by atoms with Crippen LogP contribution in [-0.4, -0.2) is 22.4 Å². The maximum atomic E-state index is 4.15. The fourth-order valence-corrected chi connectivity index (χ4v) is 1.60. The molecule has 0 fully saturated rings. The minimum absolute atomic E-state index is 0. The summed E-state index contributed by atoms with van der Waals surface area (Å²) in [7, 11) is 0. The third kappa shape index (κ3) is 3.70. The predicted molar refractivity (Wildman–Crippen MR) is 66.9 cm³/mol. The minimum atomic E-state index is 0. The first-order chi connectivity index (χ1) is 7.81. The van der Waals surface area contributed by atoms with E-state index in [0.717, 1.165) is 15.4 Å². The Morgan fingerprint density at radius 1 is 1.24 bits per heavy atom. The van der Waals surface area contributed by atoms with Crippen molar-refractivity contribution in [3.63, 3.8) is 0 Å². The van der Waals surface area contributed by atoms with Crippen molar-refractivity contribution in [2.75, 3.05) is 0 Å². The van der Waals surface area contributed by atoms with Crippen LogP contribution in [0.1, 0.15) is 12.6 Å². The first kappa shape index (κ1) is 14.5. The van der Waals surface area contributed by atoms with Crippen LogP contribution >= 0.6 is 15.9 Å². The molecule has 17 heavy (non-hydrogen) atoms. The smallest absolute Gasteiger partial charge is 0.396 e. The van der Waals surface area contributed by atoms with Crippen LogP contribution in [0.15, 0.2) is 39.2 Å². The van der Waals surface area contributed by atoms with Crippen molar-refractivity contribution in [3.8, 4) is 0 Å². The molecule has 0 saturated carbocycles. The van der Waals surface area contributed by atoms with Crippen LogP contribution in [-0.2, 0) is 0 Å². The largest absolute Gasteiger partial charge is 2.00 e. The fraction of sp³-hybridized carbons (Fsp3) is 0.0909. The molecule has 0 aliphatic carbocycles. The number of hydrogen-bond acceptors (Lipinski definition) is 4. The molecule has 82 valence electrons. The van der Waals surface area contributed by atoms with Crippen molar-refractivity contribution in [1.29, 1.82) is 0 Å². The molecule has 0 aliphatic heterocycles. The quantitative estimate of drug-likeness (QED) is 0.353. The number of hydrogen-bond donors (Lipinski definition) is 0. The number of fused-ring (bicyclic) bond motifs is 1. The van der Waals surface area contributed by atoms with Crippen LogP contribution < -0.4 is 0 Å². The van der Waals surface area contributed by atoms with Crippen molar-refractivity contribution in [2.24, 2.45) is 10.2 Å². The van der Waals surface area contributed by atoms with E-state index in [1.807, 2.05) is 18.2 Å². The molecule has 0 aliphatic rings. The van der Waals surface area contributed by atoms with Crippen molar-refractivity contribution in [2.45, 2.75) is 6.92 Å². The average molecular weight is 513 g/mol. The van der Waals surface area contributed by atoms with Gasteiger partial charge in [-0.1, -0.05) is 33.9 Å². The molecule has 0 atom stereocenters. The Kier molecular flexibility index (Phi) is 5.97. The number of nitrogens with zero attached hydrogens (tertiary/aromatic N) is 4. The van der Waals surface area contributed by atoms with Gasteiger partial charge in [-0.3, -0.25) is 9.97 Å². The van der Waals surface area contributed by atoms with Crippen molar-refractivity contribution in [1.82, 2.24) is 9.97 Å². The van der Waals surface area contributed by atoms with Crippen LogP contribution in [0.3, 0.4) is 0 Å². The molecule has 1 aromatic carbocycles. The van der Waals surface area contributed by atoms with Gasteiger partial charge in [0.15, 0.2) is 0 Å². The monoisotopic (exact) mass is 512 g/mol. The summed E-state index contributed by atoms with van der Waals surface area (Å²) in [5, 5.41) is 8.17. The van der Waals surface area contributed by atoms with Gasteiger partial charge in [-0.25, -0.2) is 0 Å². The van der Waals surface area contributed by atoms with Crippen LogP contribution in [0.5, 0.6) is 0 Å². The minimum Gasteiger partial charge on any atom is -0.396 e. The van der Waals surface area contributed by atoms with Gasteiger partial charge in [-0.15, -0.1) is 11.5 Å². The molecule has 0 saturated heterocycles. The third-order valence-corrected chi connectivity index (χ3v) is 2.40. The van der Waals surface area contributed by atoms with Gasteiger partial charge in [0.25, 0.3) is 0 Å². The normalized spacial score (nSPS) is 11.2.